The number of carbonyl (C=O) groups excluding carboxylic acids is 1. The van der Waals surface area contributed by atoms with E-state index in [0.717, 1.165) is 25.9 Å². The van der Waals surface area contributed by atoms with E-state index >= 15 is 0 Å². The van der Waals surface area contributed by atoms with Crippen LogP contribution in [0.1, 0.15) is 46.0 Å². The van der Waals surface area contributed by atoms with Gasteiger partial charge in [0.25, 0.3) is 0 Å². The second-order valence-corrected chi connectivity index (χ2v) is 8.79. The molecule has 0 spiro atoms. The summed E-state index contributed by atoms with van der Waals surface area (Å²) >= 11 is 0. The van der Waals surface area contributed by atoms with Crippen molar-refractivity contribution in [1.82, 2.24) is 10.2 Å². The molecule has 0 aromatic heterocycles. The van der Waals surface area contributed by atoms with Gasteiger partial charge in [-0.05, 0) is 18.3 Å². The summed E-state index contributed by atoms with van der Waals surface area (Å²) in [6, 6.07) is -0.208. The molecule has 5 nitrogen and oxygen atoms in total. The van der Waals surface area contributed by atoms with Crippen molar-refractivity contribution in [2.75, 3.05) is 31.1 Å². The molecule has 2 aliphatic rings. The lowest BCUT2D eigenvalue weighted by Crippen LogP contribution is -2.49. The van der Waals surface area contributed by atoms with Gasteiger partial charge in [-0.1, -0.05) is 26.7 Å². The monoisotopic (exact) mass is 316 g/mol. The molecular weight excluding hydrogens is 288 g/mol. The molecule has 0 saturated carbocycles. The highest BCUT2D eigenvalue weighted by Gasteiger charge is 2.34. The molecule has 2 rings (SSSR count). The van der Waals surface area contributed by atoms with Gasteiger partial charge in [0.15, 0.2) is 9.84 Å². The Morgan fingerprint density at radius 1 is 1.24 bits per heavy atom. The summed E-state index contributed by atoms with van der Waals surface area (Å²) in [6.07, 6.45) is 4.80. The highest BCUT2D eigenvalue weighted by Crippen LogP contribution is 2.38. The van der Waals surface area contributed by atoms with Crippen molar-refractivity contribution in [3.05, 3.63) is 0 Å². The topological polar surface area (TPSA) is 66.5 Å². The summed E-state index contributed by atoms with van der Waals surface area (Å²) in [4.78, 5) is 14.3. The molecule has 0 aliphatic carbocycles. The zero-order valence-electron chi connectivity index (χ0n) is 13.2. The van der Waals surface area contributed by atoms with E-state index in [1.54, 1.807) is 0 Å². The summed E-state index contributed by atoms with van der Waals surface area (Å²) in [7, 11) is -2.97. The Bertz CT molecular complexity index is 461. The standard InChI is InChI=1S/C15H28N2O3S/c1-3-15(4-2)5-8-17(9-6-15)14(18)11-13-12-21(19,20)10-7-16-13/h13,16H,3-12H2,1-2H3. The number of piperidine rings is 1. The maximum Gasteiger partial charge on any atom is 0.224 e. The Kier molecular flexibility index (Phi) is 5.30. The third-order valence-electron chi connectivity index (χ3n) is 5.40. The predicted octanol–water partition coefficient (Wildman–Crippen LogP) is 1.19. The van der Waals surface area contributed by atoms with Gasteiger partial charge in [-0.25, -0.2) is 8.42 Å². The zero-order valence-corrected chi connectivity index (χ0v) is 14.0. The Labute approximate surface area is 128 Å². The summed E-state index contributed by atoms with van der Waals surface area (Å²) in [6.45, 7) is 6.57. The van der Waals surface area contributed by atoms with Crippen molar-refractivity contribution >= 4 is 15.7 Å². The lowest BCUT2D eigenvalue weighted by molar-refractivity contribution is -0.134. The van der Waals surface area contributed by atoms with Crippen LogP contribution in [0, 0.1) is 5.41 Å². The highest BCUT2D eigenvalue weighted by atomic mass is 32.2. The number of likely N-dealkylation sites (tertiary alicyclic amines) is 1. The van der Waals surface area contributed by atoms with Gasteiger partial charge >= 0.3 is 0 Å². The van der Waals surface area contributed by atoms with E-state index in [2.05, 4.69) is 19.2 Å². The first-order chi connectivity index (χ1) is 9.90. The van der Waals surface area contributed by atoms with Crippen LogP contribution in [-0.4, -0.2) is 56.4 Å². The quantitative estimate of drug-likeness (QED) is 0.846. The van der Waals surface area contributed by atoms with Crippen molar-refractivity contribution < 1.29 is 13.2 Å². The highest BCUT2D eigenvalue weighted by molar-refractivity contribution is 7.91. The molecule has 1 N–H and O–H groups in total. The van der Waals surface area contributed by atoms with Gasteiger partial charge < -0.3 is 10.2 Å². The minimum atomic E-state index is -2.97. The smallest absolute Gasteiger partial charge is 0.224 e. The van der Waals surface area contributed by atoms with E-state index in [9.17, 15) is 13.2 Å². The third kappa shape index (κ3) is 4.19. The van der Waals surface area contributed by atoms with Crippen molar-refractivity contribution in [3.8, 4) is 0 Å². The van der Waals surface area contributed by atoms with Gasteiger partial charge in [0.1, 0.15) is 0 Å². The fourth-order valence-electron chi connectivity index (χ4n) is 3.53. The molecule has 2 aliphatic heterocycles. The van der Waals surface area contributed by atoms with E-state index in [1.807, 2.05) is 4.90 Å². The molecule has 2 fully saturated rings. The summed E-state index contributed by atoms with van der Waals surface area (Å²) in [5.41, 5.74) is 0.406. The van der Waals surface area contributed by atoms with Crippen LogP contribution in [0.15, 0.2) is 0 Å². The number of hydrogen-bond donors (Lipinski definition) is 1. The van der Waals surface area contributed by atoms with E-state index in [1.165, 1.54) is 12.8 Å². The van der Waals surface area contributed by atoms with E-state index in [0.29, 0.717) is 18.4 Å². The number of rotatable bonds is 4. The number of nitrogens with one attached hydrogen (secondary N) is 1. The Hall–Kier alpha value is -0.620. The van der Waals surface area contributed by atoms with Crippen molar-refractivity contribution in [2.45, 2.75) is 52.0 Å². The van der Waals surface area contributed by atoms with Crippen molar-refractivity contribution in [3.63, 3.8) is 0 Å². The van der Waals surface area contributed by atoms with Gasteiger partial charge in [0.2, 0.25) is 5.91 Å². The molecule has 2 saturated heterocycles. The maximum atomic E-state index is 12.4. The lowest BCUT2D eigenvalue weighted by atomic mass is 9.74. The number of amides is 1. The number of carbonyl (C=O) groups is 1. The molecule has 122 valence electrons. The lowest BCUT2D eigenvalue weighted by Gasteiger charge is -2.41. The predicted molar refractivity (Wildman–Crippen MR) is 83.9 cm³/mol. The summed E-state index contributed by atoms with van der Waals surface area (Å²) < 4.78 is 23.2. The Morgan fingerprint density at radius 3 is 2.38 bits per heavy atom. The second kappa shape index (κ2) is 6.65. The molecule has 2 heterocycles. The minimum Gasteiger partial charge on any atom is -0.343 e. The normalized spacial score (nSPS) is 28.3. The van der Waals surface area contributed by atoms with Crippen LogP contribution in [-0.2, 0) is 14.6 Å². The van der Waals surface area contributed by atoms with Gasteiger partial charge in [-0.3, -0.25) is 4.79 Å². The number of nitrogens with zero attached hydrogens (tertiary/aromatic N) is 1. The first-order valence-corrected chi connectivity index (χ1v) is 9.93. The average molecular weight is 316 g/mol. The Morgan fingerprint density at radius 2 is 1.86 bits per heavy atom. The second-order valence-electron chi connectivity index (χ2n) is 6.56. The molecular formula is C15H28N2O3S. The maximum absolute atomic E-state index is 12.4. The van der Waals surface area contributed by atoms with E-state index in [-0.39, 0.29) is 23.5 Å². The van der Waals surface area contributed by atoms with Gasteiger partial charge in [0, 0.05) is 32.1 Å². The van der Waals surface area contributed by atoms with Crippen molar-refractivity contribution in [1.29, 1.82) is 0 Å². The average Bonchev–Trinajstić information content (AvgIpc) is 2.46. The van der Waals surface area contributed by atoms with Crippen LogP contribution in [0.4, 0.5) is 0 Å². The SMILES string of the molecule is CCC1(CC)CCN(C(=O)CC2CS(=O)(=O)CCN2)CC1. The number of hydrogen-bond acceptors (Lipinski definition) is 4. The molecule has 0 bridgehead atoms. The molecule has 0 radical (unpaired) electrons. The minimum absolute atomic E-state index is 0.0977. The van der Waals surface area contributed by atoms with Crippen LogP contribution < -0.4 is 5.32 Å². The molecule has 0 aromatic carbocycles. The zero-order chi connectivity index (χ0) is 15.5. The van der Waals surface area contributed by atoms with Crippen LogP contribution in [0.25, 0.3) is 0 Å². The molecule has 6 heteroatoms. The molecule has 1 atom stereocenters. The van der Waals surface area contributed by atoms with E-state index < -0.39 is 9.84 Å². The molecule has 0 aromatic rings. The molecule has 1 unspecified atom stereocenters. The fourth-order valence-corrected chi connectivity index (χ4v) is 4.97. The largest absolute Gasteiger partial charge is 0.343 e. The van der Waals surface area contributed by atoms with Crippen LogP contribution >= 0.6 is 0 Å². The first-order valence-electron chi connectivity index (χ1n) is 8.11. The molecule has 1 amide bonds. The van der Waals surface area contributed by atoms with Gasteiger partial charge in [-0.2, -0.15) is 0 Å². The molecule has 21 heavy (non-hydrogen) atoms. The summed E-state index contributed by atoms with van der Waals surface area (Å²) in [5.74, 6) is 0.391. The first kappa shape index (κ1) is 16.7. The Balaban J connectivity index is 1.85. The third-order valence-corrected chi connectivity index (χ3v) is 7.14. The van der Waals surface area contributed by atoms with Gasteiger partial charge in [0.05, 0.1) is 11.5 Å². The van der Waals surface area contributed by atoms with Crippen LogP contribution in [0.2, 0.25) is 0 Å². The number of sulfone groups is 1. The van der Waals surface area contributed by atoms with Crippen molar-refractivity contribution in [2.24, 2.45) is 5.41 Å². The van der Waals surface area contributed by atoms with Crippen LogP contribution in [0.3, 0.4) is 0 Å². The fraction of sp³-hybridized carbons (Fsp3) is 0.933. The van der Waals surface area contributed by atoms with Crippen LogP contribution in [0.5, 0.6) is 0 Å². The van der Waals surface area contributed by atoms with Gasteiger partial charge in [-0.15, -0.1) is 0 Å². The van der Waals surface area contributed by atoms with E-state index in [4.69, 9.17) is 0 Å². The summed E-state index contributed by atoms with van der Waals surface area (Å²) in [5, 5.41) is 3.16.